The lowest BCUT2D eigenvalue weighted by molar-refractivity contribution is 0.0409. The molecule has 17 heavy (non-hydrogen) atoms. The zero-order valence-corrected chi connectivity index (χ0v) is 11.7. The Balaban J connectivity index is 2.34. The molecule has 0 aromatic carbocycles. The lowest BCUT2D eigenvalue weighted by atomic mass is 10.1. The predicted octanol–water partition coefficient (Wildman–Crippen LogP) is 1.49. The summed E-state index contributed by atoms with van der Waals surface area (Å²) < 4.78 is 28.9. The van der Waals surface area contributed by atoms with Gasteiger partial charge in [-0.25, -0.2) is 8.42 Å². The summed E-state index contributed by atoms with van der Waals surface area (Å²) in [5.74, 6) is 0.105. The first kappa shape index (κ1) is 14.9. The van der Waals surface area contributed by atoms with Gasteiger partial charge in [0.25, 0.3) is 0 Å². The highest BCUT2D eigenvalue weighted by Crippen LogP contribution is 2.19. The van der Waals surface area contributed by atoms with Crippen LogP contribution in [0.25, 0.3) is 0 Å². The molecule has 0 radical (unpaired) electrons. The molecule has 1 rings (SSSR count). The van der Waals surface area contributed by atoms with Gasteiger partial charge in [0.1, 0.15) is 0 Å². The maximum absolute atomic E-state index is 11.6. The molecule has 0 amide bonds. The quantitative estimate of drug-likeness (QED) is 0.763. The number of sulfone groups is 1. The van der Waals surface area contributed by atoms with Crippen molar-refractivity contribution in [3.05, 3.63) is 0 Å². The van der Waals surface area contributed by atoms with Crippen molar-refractivity contribution in [3.63, 3.8) is 0 Å². The lowest BCUT2D eigenvalue weighted by Crippen LogP contribution is -2.37. The Morgan fingerprint density at radius 3 is 2.53 bits per heavy atom. The van der Waals surface area contributed by atoms with Crippen molar-refractivity contribution < 1.29 is 13.2 Å². The first-order valence-electron chi connectivity index (χ1n) is 6.52. The monoisotopic (exact) mass is 263 g/mol. The molecule has 2 N–H and O–H groups in total. The average molecular weight is 263 g/mol. The van der Waals surface area contributed by atoms with Crippen LogP contribution in [-0.2, 0) is 14.6 Å². The molecule has 0 heterocycles. The molecule has 2 unspecified atom stereocenters. The standard InChI is InChI=1S/C12H25NO3S/c1-10(2)17(14,15)9-8-16-12-7-5-3-4-6-11(12)13/h10-12H,3-9,13H2,1-2H3. The fourth-order valence-electron chi connectivity index (χ4n) is 2.06. The normalized spacial score (nSPS) is 27.1. The van der Waals surface area contributed by atoms with Gasteiger partial charge in [0.05, 0.1) is 23.7 Å². The van der Waals surface area contributed by atoms with Crippen LogP contribution in [0, 0.1) is 0 Å². The van der Waals surface area contributed by atoms with Crippen LogP contribution < -0.4 is 5.73 Å². The second-order valence-electron chi connectivity index (χ2n) is 5.13. The third-order valence-electron chi connectivity index (χ3n) is 3.42. The summed E-state index contributed by atoms with van der Waals surface area (Å²) >= 11 is 0. The maximum atomic E-state index is 11.6. The molecular weight excluding hydrogens is 238 g/mol. The Hall–Kier alpha value is -0.130. The second-order valence-corrected chi connectivity index (χ2v) is 7.80. The van der Waals surface area contributed by atoms with E-state index in [9.17, 15) is 8.42 Å². The molecule has 102 valence electrons. The Bertz CT molecular complexity index is 314. The van der Waals surface area contributed by atoms with Crippen LogP contribution in [0.4, 0.5) is 0 Å². The van der Waals surface area contributed by atoms with Crippen molar-refractivity contribution in [1.29, 1.82) is 0 Å². The molecule has 0 spiro atoms. The average Bonchev–Trinajstić information content (AvgIpc) is 2.44. The minimum absolute atomic E-state index is 0.0415. The largest absolute Gasteiger partial charge is 0.376 e. The van der Waals surface area contributed by atoms with Gasteiger partial charge in [-0.15, -0.1) is 0 Å². The van der Waals surface area contributed by atoms with E-state index < -0.39 is 9.84 Å². The Labute approximate surface area is 105 Å². The van der Waals surface area contributed by atoms with Crippen molar-refractivity contribution in [2.45, 2.75) is 63.3 Å². The van der Waals surface area contributed by atoms with Crippen LogP contribution in [0.1, 0.15) is 46.0 Å². The first-order chi connectivity index (χ1) is 7.93. The van der Waals surface area contributed by atoms with Gasteiger partial charge in [-0.05, 0) is 26.7 Å². The summed E-state index contributed by atoms with van der Waals surface area (Å²) in [7, 11) is -2.99. The molecule has 0 aliphatic heterocycles. The Morgan fingerprint density at radius 2 is 1.88 bits per heavy atom. The fraction of sp³-hybridized carbons (Fsp3) is 1.00. The summed E-state index contributed by atoms with van der Waals surface area (Å²) in [6.07, 6.45) is 5.49. The van der Waals surface area contributed by atoms with E-state index in [0.717, 1.165) is 25.7 Å². The molecule has 1 saturated carbocycles. The molecule has 1 aliphatic carbocycles. The summed E-state index contributed by atoms with van der Waals surface area (Å²) in [4.78, 5) is 0. The fourth-order valence-corrected chi connectivity index (χ4v) is 2.86. The van der Waals surface area contributed by atoms with E-state index in [1.54, 1.807) is 13.8 Å². The highest BCUT2D eigenvalue weighted by Gasteiger charge is 2.22. The highest BCUT2D eigenvalue weighted by atomic mass is 32.2. The van der Waals surface area contributed by atoms with Crippen molar-refractivity contribution in [3.8, 4) is 0 Å². The van der Waals surface area contributed by atoms with Gasteiger partial charge in [0.2, 0.25) is 0 Å². The van der Waals surface area contributed by atoms with Crippen molar-refractivity contribution in [2.24, 2.45) is 5.73 Å². The smallest absolute Gasteiger partial charge is 0.154 e. The van der Waals surface area contributed by atoms with Crippen LogP contribution in [0.15, 0.2) is 0 Å². The Kier molecular flexibility index (Phi) is 5.89. The number of ether oxygens (including phenoxy) is 1. The first-order valence-corrected chi connectivity index (χ1v) is 8.24. The third kappa shape index (κ3) is 4.94. The van der Waals surface area contributed by atoms with Gasteiger partial charge in [-0.3, -0.25) is 0 Å². The zero-order valence-electron chi connectivity index (χ0n) is 10.9. The van der Waals surface area contributed by atoms with E-state index in [2.05, 4.69) is 0 Å². The minimum atomic E-state index is -2.99. The number of hydrogen-bond donors (Lipinski definition) is 1. The zero-order chi connectivity index (χ0) is 12.9. The van der Waals surface area contributed by atoms with Crippen LogP contribution in [0.3, 0.4) is 0 Å². The summed E-state index contributed by atoms with van der Waals surface area (Å²) in [6, 6.07) is 0.0688. The molecule has 0 aromatic rings. The molecule has 5 heteroatoms. The summed E-state index contributed by atoms with van der Waals surface area (Å²) in [6.45, 7) is 3.68. The number of hydrogen-bond acceptors (Lipinski definition) is 4. The predicted molar refractivity (Wildman–Crippen MR) is 69.7 cm³/mol. The van der Waals surface area contributed by atoms with Crippen molar-refractivity contribution in [1.82, 2.24) is 0 Å². The van der Waals surface area contributed by atoms with E-state index in [1.165, 1.54) is 6.42 Å². The van der Waals surface area contributed by atoms with E-state index in [4.69, 9.17) is 10.5 Å². The van der Waals surface area contributed by atoms with E-state index >= 15 is 0 Å². The topological polar surface area (TPSA) is 69.4 Å². The molecule has 4 nitrogen and oxygen atoms in total. The SMILES string of the molecule is CC(C)S(=O)(=O)CCOC1CCCCCC1N. The molecule has 0 aromatic heterocycles. The molecule has 0 bridgehead atoms. The molecular formula is C12H25NO3S. The van der Waals surface area contributed by atoms with Crippen LogP contribution in [-0.4, -0.2) is 38.2 Å². The van der Waals surface area contributed by atoms with Gasteiger partial charge in [-0.2, -0.15) is 0 Å². The maximum Gasteiger partial charge on any atom is 0.154 e. The highest BCUT2D eigenvalue weighted by molar-refractivity contribution is 7.91. The summed E-state index contributed by atoms with van der Waals surface area (Å²) in [5.41, 5.74) is 6.01. The van der Waals surface area contributed by atoms with Gasteiger partial charge in [0, 0.05) is 6.04 Å². The van der Waals surface area contributed by atoms with Crippen molar-refractivity contribution in [2.75, 3.05) is 12.4 Å². The molecule has 2 atom stereocenters. The van der Waals surface area contributed by atoms with Gasteiger partial charge >= 0.3 is 0 Å². The van der Waals surface area contributed by atoms with Crippen LogP contribution in [0.5, 0.6) is 0 Å². The molecule has 1 aliphatic rings. The Morgan fingerprint density at radius 1 is 1.24 bits per heavy atom. The van der Waals surface area contributed by atoms with E-state index in [-0.39, 0.29) is 29.8 Å². The van der Waals surface area contributed by atoms with Gasteiger partial charge in [-0.1, -0.05) is 19.3 Å². The molecule has 0 saturated heterocycles. The van der Waals surface area contributed by atoms with Gasteiger partial charge < -0.3 is 10.5 Å². The van der Waals surface area contributed by atoms with E-state index in [0.29, 0.717) is 0 Å². The van der Waals surface area contributed by atoms with Crippen LogP contribution in [0.2, 0.25) is 0 Å². The van der Waals surface area contributed by atoms with Crippen molar-refractivity contribution >= 4 is 9.84 Å². The van der Waals surface area contributed by atoms with E-state index in [1.807, 2.05) is 0 Å². The van der Waals surface area contributed by atoms with Gasteiger partial charge in [0.15, 0.2) is 9.84 Å². The minimum Gasteiger partial charge on any atom is -0.376 e. The summed E-state index contributed by atoms with van der Waals surface area (Å²) in [5, 5.41) is -0.325. The number of rotatable bonds is 5. The van der Waals surface area contributed by atoms with Crippen LogP contribution >= 0.6 is 0 Å². The molecule has 1 fully saturated rings. The number of nitrogens with two attached hydrogens (primary N) is 1. The lowest BCUT2D eigenvalue weighted by Gasteiger charge is -2.22. The third-order valence-corrected chi connectivity index (χ3v) is 5.59. The second kappa shape index (κ2) is 6.71.